The number of carbonyl (C=O) groups is 1. The van der Waals surface area contributed by atoms with Gasteiger partial charge in [-0.2, -0.15) is 4.37 Å². The normalized spacial score (nSPS) is 11.3. The Hall–Kier alpha value is -1.46. The van der Waals surface area contributed by atoms with E-state index in [1.807, 2.05) is 26.0 Å². The molecule has 4 nitrogen and oxygen atoms in total. The van der Waals surface area contributed by atoms with E-state index in [9.17, 15) is 4.79 Å². The molecule has 0 aliphatic rings. The van der Waals surface area contributed by atoms with Gasteiger partial charge in [0.2, 0.25) is 11.0 Å². The number of amides is 1. The third-order valence-corrected chi connectivity index (χ3v) is 3.51. The van der Waals surface area contributed by atoms with Gasteiger partial charge in [-0.15, -0.1) is 0 Å². The van der Waals surface area contributed by atoms with E-state index in [0.29, 0.717) is 10.2 Å². The van der Waals surface area contributed by atoms with Gasteiger partial charge in [-0.1, -0.05) is 23.7 Å². The molecule has 1 N–H and O–H groups in total. The lowest BCUT2D eigenvalue weighted by Crippen LogP contribution is -2.34. The predicted molar refractivity (Wildman–Crippen MR) is 73.0 cm³/mol. The van der Waals surface area contributed by atoms with Crippen LogP contribution < -0.4 is 5.32 Å². The van der Waals surface area contributed by atoms with E-state index in [4.69, 9.17) is 11.6 Å². The first-order valence-electron chi connectivity index (χ1n) is 5.34. The highest BCUT2D eigenvalue weighted by Gasteiger charge is 2.30. The Bertz CT molecular complexity index is 554. The number of hydrogen-bond donors (Lipinski definition) is 1. The average Bonchev–Trinajstić information content (AvgIpc) is 2.81. The Kier molecular flexibility index (Phi) is 3.63. The summed E-state index contributed by atoms with van der Waals surface area (Å²) in [5.74, 6) is -0.137. The first-order valence-corrected chi connectivity index (χ1v) is 6.49. The van der Waals surface area contributed by atoms with Crippen molar-refractivity contribution in [3.05, 3.63) is 41.2 Å². The lowest BCUT2D eigenvalue weighted by Gasteiger charge is -2.23. The van der Waals surface area contributed by atoms with Gasteiger partial charge in [0.1, 0.15) is 6.33 Å². The Morgan fingerprint density at radius 1 is 1.44 bits per heavy atom. The Morgan fingerprint density at radius 2 is 2.22 bits per heavy atom. The van der Waals surface area contributed by atoms with Gasteiger partial charge >= 0.3 is 0 Å². The van der Waals surface area contributed by atoms with E-state index in [2.05, 4.69) is 14.7 Å². The molecule has 0 spiro atoms. The van der Waals surface area contributed by atoms with Crippen LogP contribution in [0.15, 0.2) is 30.6 Å². The highest BCUT2D eigenvalue weighted by Crippen LogP contribution is 2.27. The van der Waals surface area contributed by atoms with Crippen LogP contribution >= 0.6 is 23.1 Å². The lowest BCUT2D eigenvalue weighted by molar-refractivity contribution is -0.120. The van der Waals surface area contributed by atoms with Crippen molar-refractivity contribution in [3.63, 3.8) is 0 Å². The van der Waals surface area contributed by atoms with Gasteiger partial charge in [-0.25, -0.2) is 4.98 Å². The monoisotopic (exact) mass is 281 g/mol. The van der Waals surface area contributed by atoms with Crippen molar-refractivity contribution >= 4 is 34.2 Å². The molecule has 94 valence electrons. The third-order valence-electron chi connectivity index (χ3n) is 2.70. The number of halogens is 1. The van der Waals surface area contributed by atoms with Gasteiger partial charge in [0.25, 0.3) is 0 Å². The van der Waals surface area contributed by atoms with Crippen molar-refractivity contribution in [2.24, 2.45) is 0 Å². The molecule has 0 aliphatic heterocycles. The molecule has 1 heterocycles. The summed E-state index contributed by atoms with van der Waals surface area (Å²) < 4.78 is 3.84. The average molecular weight is 282 g/mol. The summed E-state index contributed by atoms with van der Waals surface area (Å²) in [7, 11) is 0. The van der Waals surface area contributed by atoms with E-state index in [0.717, 1.165) is 17.1 Å². The lowest BCUT2D eigenvalue weighted by atomic mass is 9.84. The molecule has 0 unspecified atom stereocenters. The van der Waals surface area contributed by atoms with Gasteiger partial charge in [-0.05, 0) is 31.5 Å². The molecule has 0 fully saturated rings. The Labute approximate surface area is 114 Å². The highest BCUT2D eigenvalue weighted by molar-refractivity contribution is 7.09. The number of carbonyl (C=O) groups excluding carboxylic acids is 1. The van der Waals surface area contributed by atoms with Crippen LogP contribution in [0.25, 0.3) is 0 Å². The number of nitrogens with one attached hydrogen (secondary N) is 1. The maximum atomic E-state index is 12.2. The molecular weight excluding hydrogens is 270 g/mol. The molecule has 1 aromatic heterocycles. The fourth-order valence-corrected chi connectivity index (χ4v) is 2.11. The molecule has 6 heteroatoms. The van der Waals surface area contributed by atoms with Gasteiger partial charge < -0.3 is 0 Å². The molecular formula is C12H12ClN3OS. The fraction of sp³-hybridized carbons (Fsp3) is 0.250. The minimum absolute atomic E-state index is 0.137. The van der Waals surface area contributed by atoms with Crippen LogP contribution in [0.3, 0.4) is 0 Å². The van der Waals surface area contributed by atoms with E-state index in [-0.39, 0.29) is 5.91 Å². The number of hydrogen-bond acceptors (Lipinski definition) is 4. The molecule has 2 aromatic rings. The third kappa shape index (κ3) is 2.68. The Morgan fingerprint density at radius 3 is 2.83 bits per heavy atom. The fourth-order valence-electron chi connectivity index (χ4n) is 1.49. The van der Waals surface area contributed by atoms with E-state index in [1.54, 1.807) is 12.1 Å². The molecule has 0 bridgehead atoms. The molecule has 0 saturated heterocycles. The number of anilines is 1. The highest BCUT2D eigenvalue weighted by atomic mass is 35.5. The summed E-state index contributed by atoms with van der Waals surface area (Å²) in [5.41, 5.74) is 0.174. The maximum Gasteiger partial charge on any atom is 0.236 e. The topological polar surface area (TPSA) is 54.9 Å². The summed E-state index contributed by atoms with van der Waals surface area (Å²) in [4.78, 5) is 16.2. The van der Waals surface area contributed by atoms with Gasteiger partial charge in [0.15, 0.2) is 0 Å². The smallest absolute Gasteiger partial charge is 0.236 e. The van der Waals surface area contributed by atoms with Crippen molar-refractivity contribution in [2.45, 2.75) is 19.3 Å². The standard InChI is InChI=1S/C12H12ClN3OS/c1-12(2,8-4-3-5-9(13)6-8)10(17)16-11-14-7-15-18-11/h3-7H,1-2H3,(H,14,15,16,17). The second-order valence-electron chi connectivity index (χ2n) is 4.34. The van der Waals surface area contributed by atoms with Crippen LogP contribution in [-0.4, -0.2) is 15.3 Å². The SMILES string of the molecule is CC(C)(C(=O)Nc1ncns1)c1cccc(Cl)c1. The van der Waals surface area contributed by atoms with Crippen LogP contribution in [0.4, 0.5) is 5.13 Å². The van der Waals surface area contributed by atoms with Crippen LogP contribution in [-0.2, 0) is 10.2 Å². The van der Waals surface area contributed by atoms with E-state index < -0.39 is 5.41 Å². The molecule has 0 aliphatic carbocycles. The van der Waals surface area contributed by atoms with Crippen molar-refractivity contribution in [3.8, 4) is 0 Å². The number of rotatable bonds is 3. The van der Waals surface area contributed by atoms with Gasteiger partial charge in [-0.3, -0.25) is 10.1 Å². The van der Waals surface area contributed by atoms with Crippen LogP contribution in [0.5, 0.6) is 0 Å². The van der Waals surface area contributed by atoms with Crippen molar-refractivity contribution in [1.29, 1.82) is 0 Å². The molecule has 0 radical (unpaired) electrons. The quantitative estimate of drug-likeness (QED) is 0.940. The summed E-state index contributed by atoms with van der Waals surface area (Å²) in [6.07, 6.45) is 1.41. The first kappa shape index (κ1) is 13.0. The van der Waals surface area contributed by atoms with Crippen molar-refractivity contribution < 1.29 is 4.79 Å². The minimum Gasteiger partial charge on any atom is -0.300 e. The number of aromatic nitrogens is 2. The van der Waals surface area contributed by atoms with E-state index in [1.165, 1.54) is 6.33 Å². The molecule has 0 atom stereocenters. The second kappa shape index (κ2) is 5.04. The van der Waals surface area contributed by atoms with Crippen LogP contribution in [0.1, 0.15) is 19.4 Å². The van der Waals surface area contributed by atoms with Gasteiger partial charge in [0, 0.05) is 16.6 Å². The van der Waals surface area contributed by atoms with Gasteiger partial charge in [0.05, 0.1) is 5.41 Å². The first-order chi connectivity index (χ1) is 8.50. The molecule has 1 aromatic carbocycles. The summed E-state index contributed by atoms with van der Waals surface area (Å²) >= 11 is 7.09. The zero-order valence-corrected chi connectivity index (χ0v) is 11.5. The zero-order chi connectivity index (χ0) is 13.2. The molecule has 0 saturated carbocycles. The summed E-state index contributed by atoms with van der Waals surface area (Å²) in [5, 5.41) is 3.85. The van der Waals surface area contributed by atoms with Crippen molar-refractivity contribution in [1.82, 2.24) is 9.36 Å². The largest absolute Gasteiger partial charge is 0.300 e. The molecule has 1 amide bonds. The molecule has 18 heavy (non-hydrogen) atoms. The zero-order valence-electron chi connectivity index (χ0n) is 9.98. The second-order valence-corrected chi connectivity index (χ2v) is 5.55. The van der Waals surface area contributed by atoms with Crippen LogP contribution in [0, 0.1) is 0 Å². The minimum atomic E-state index is -0.684. The van der Waals surface area contributed by atoms with Crippen LogP contribution in [0.2, 0.25) is 5.02 Å². The summed E-state index contributed by atoms with van der Waals surface area (Å²) in [6.45, 7) is 3.68. The summed E-state index contributed by atoms with van der Waals surface area (Å²) in [6, 6.07) is 7.29. The predicted octanol–water partition coefficient (Wildman–Crippen LogP) is 3.11. The Balaban J connectivity index is 2.22. The maximum absolute atomic E-state index is 12.2. The van der Waals surface area contributed by atoms with E-state index >= 15 is 0 Å². The number of nitrogens with zero attached hydrogens (tertiary/aromatic N) is 2. The molecule has 2 rings (SSSR count). The number of benzene rings is 1. The van der Waals surface area contributed by atoms with Crippen molar-refractivity contribution in [2.75, 3.05) is 5.32 Å².